The SMILES string of the molecule is COc1cc(C(=O)N(CCCO)C(C)C)ccc1N. The van der Waals surface area contributed by atoms with Gasteiger partial charge in [0.15, 0.2) is 0 Å². The summed E-state index contributed by atoms with van der Waals surface area (Å²) in [7, 11) is 1.52. The maximum Gasteiger partial charge on any atom is 0.254 e. The van der Waals surface area contributed by atoms with E-state index in [4.69, 9.17) is 15.6 Å². The van der Waals surface area contributed by atoms with Crippen molar-refractivity contribution < 1.29 is 14.6 Å². The Hall–Kier alpha value is -1.75. The van der Waals surface area contributed by atoms with E-state index in [1.165, 1.54) is 7.11 Å². The minimum Gasteiger partial charge on any atom is -0.495 e. The molecular weight excluding hydrogens is 244 g/mol. The molecule has 106 valence electrons. The van der Waals surface area contributed by atoms with E-state index in [9.17, 15) is 4.79 Å². The van der Waals surface area contributed by atoms with Crippen LogP contribution in [0.5, 0.6) is 5.75 Å². The molecular formula is C14H22N2O3. The number of nitrogens with two attached hydrogens (primary N) is 1. The number of anilines is 1. The summed E-state index contributed by atoms with van der Waals surface area (Å²) < 4.78 is 5.12. The lowest BCUT2D eigenvalue weighted by Crippen LogP contribution is -2.38. The van der Waals surface area contributed by atoms with Gasteiger partial charge in [0.2, 0.25) is 0 Å². The number of aliphatic hydroxyl groups excluding tert-OH is 1. The third-order valence-corrected chi connectivity index (χ3v) is 2.92. The fourth-order valence-electron chi connectivity index (χ4n) is 1.85. The molecule has 0 saturated carbocycles. The van der Waals surface area contributed by atoms with Gasteiger partial charge in [0.25, 0.3) is 5.91 Å². The molecule has 5 heteroatoms. The van der Waals surface area contributed by atoms with Crippen molar-refractivity contribution in [3.63, 3.8) is 0 Å². The van der Waals surface area contributed by atoms with Crippen molar-refractivity contribution in [2.75, 3.05) is 26.0 Å². The Morgan fingerprint density at radius 1 is 1.47 bits per heavy atom. The number of aliphatic hydroxyl groups is 1. The number of methoxy groups -OCH3 is 1. The molecule has 1 amide bonds. The lowest BCUT2D eigenvalue weighted by atomic mass is 10.1. The van der Waals surface area contributed by atoms with Crippen LogP contribution in [0.2, 0.25) is 0 Å². The molecule has 0 radical (unpaired) electrons. The summed E-state index contributed by atoms with van der Waals surface area (Å²) in [6, 6.07) is 5.07. The Morgan fingerprint density at radius 2 is 2.16 bits per heavy atom. The number of hydrogen-bond acceptors (Lipinski definition) is 4. The average Bonchev–Trinajstić information content (AvgIpc) is 2.39. The lowest BCUT2D eigenvalue weighted by molar-refractivity contribution is 0.0693. The van der Waals surface area contributed by atoms with Crippen molar-refractivity contribution in [3.05, 3.63) is 23.8 Å². The first-order valence-electron chi connectivity index (χ1n) is 6.36. The molecule has 0 aliphatic heterocycles. The van der Waals surface area contributed by atoms with E-state index in [0.717, 1.165) is 0 Å². The van der Waals surface area contributed by atoms with Crippen LogP contribution >= 0.6 is 0 Å². The number of rotatable bonds is 6. The maximum absolute atomic E-state index is 12.4. The monoisotopic (exact) mass is 266 g/mol. The zero-order chi connectivity index (χ0) is 14.4. The highest BCUT2D eigenvalue weighted by molar-refractivity contribution is 5.95. The number of hydrogen-bond donors (Lipinski definition) is 2. The van der Waals surface area contributed by atoms with Crippen LogP contribution in [0.1, 0.15) is 30.6 Å². The molecule has 0 bridgehead atoms. The molecule has 0 saturated heterocycles. The first-order valence-corrected chi connectivity index (χ1v) is 6.36. The molecule has 0 aromatic heterocycles. The van der Waals surface area contributed by atoms with Gasteiger partial charge in [-0.3, -0.25) is 4.79 Å². The van der Waals surface area contributed by atoms with E-state index in [2.05, 4.69) is 0 Å². The van der Waals surface area contributed by atoms with Gasteiger partial charge < -0.3 is 20.5 Å². The van der Waals surface area contributed by atoms with Gasteiger partial charge in [-0.05, 0) is 38.5 Å². The normalized spacial score (nSPS) is 10.6. The minimum absolute atomic E-state index is 0.0710. The molecule has 19 heavy (non-hydrogen) atoms. The summed E-state index contributed by atoms with van der Waals surface area (Å²) in [5.41, 5.74) is 6.78. The molecule has 0 aliphatic carbocycles. The van der Waals surface area contributed by atoms with Crippen molar-refractivity contribution in [3.8, 4) is 5.75 Å². The first-order chi connectivity index (χ1) is 9.01. The standard InChI is InChI=1S/C14H22N2O3/c1-10(2)16(7-4-8-17)14(18)11-5-6-12(15)13(9-11)19-3/h5-6,9-10,17H,4,7-8,15H2,1-3H3. The predicted molar refractivity (Wildman–Crippen MR) is 75.3 cm³/mol. The quantitative estimate of drug-likeness (QED) is 0.765. The molecule has 0 fully saturated rings. The molecule has 0 aliphatic rings. The average molecular weight is 266 g/mol. The van der Waals surface area contributed by atoms with Crippen LogP contribution in [0.4, 0.5) is 5.69 Å². The first kappa shape index (κ1) is 15.3. The van der Waals surface area contributed by atoms with Crippen molar-refractivity contribution in [1.29, 1.82) is 0 Å². The number of nitrogen functional groups attached to an aromatic ring is 1. The number of nitrogens with zero attached hydrogens (tertiary/aromatic N) is 1. The van der Waals surface area contributed by atoms with Crippen molar-refractivity contribution in [2.24, 2.45) is 0 Å². The van der Waals surface area contributed by atoms with Gasteiger partial charge in [0.05, 0.1) is 12.8 Å². The van der Waals surface area contributed by atoms with Gasteiger partial charge >= 0.3 is 0 Å². The highest BCUT2D eigenvalue weighted by Gasteiger charge is 2.19. The summed E-state index contributed by atoms with van der Waals surface area (Å²) in [5.74, 6) is 0.415. The second kappa shape index (κ2) is 6.99. The van der Waals surface area contributed by atoms with Crippen LogP contribution in [0.3, 0.4) is 0 Å². The molecule has 1 rings (SSSR count). The predicted octanol–water partition coefficient (Wildman–Crippen LogP) is 1.51. The minimum atomic E-state index is -0.0817. The van der Waals surface area contributed by atoms with Gasteiger partial charge in [0.1, 0.15) is 5.75 Å². The summed E-state index contributed by atoms with van der Waals surface area (Å²) in [5, 5.41) is 8.89. The fourth-order valence-corrected chi connectivity index (χ4v) is 1.85. The molecule has 5 nitrogen and oxygen atoms in total. The molecule has 0 spiro atoms. The van der Waals surface area contributed by atoms with E-state index >= 15 is 0 Å². The van der Waals surface area contributed by atoms with Gasteiger partial charge in [-0.1, -0.05) is 0 Å². The number of carbonyl (C=O) groups excluding carboxylic acids is 1. The number of ether oxygens (including phenoxy) is 1. The highest BCUT2D eigenvalue weighted by Crippen LogP contribution is 2.23. The maximum atomic E-state index is 12.4. The lowest BCUT2D eigenvalue weighted by Gasteiger charge is -2.26. The van der Waals surface area contributed by atoms with Crippen LogP contribution in [-0.2, 0) is 0 Å². The Bertz CT molecular complexity index is 433. The van der Waals surface area contributed by atoms with Crippen LogP contribution in [0.15, 0.2) is 18.2 Å². The van der Waals surface area contributed by atoms with Crippen LogP contribution in [-0.4, -0.2) is 42.2 Å². The van der Waals surface area contributed by atoms with Crippen LogP contribution in [0.25, 0.3) is 0 Å². The zero-order valence-corrected chi connectivity index (χ0v) is 11.7. The van der Waals surface area contributed by atoms with Crippen molar-refractivity contribution in [1.82, 2.24) is 4.90 Å². The van der Waals surface area contributed by atoms with Gasteiger partial charge in [0, 0.05) is 24.8 Å². The van der Waals surface area contributed by atoms with E-state index in [-0.39, 0.29) is 18.6 Å². The molecule has 3 N–H and O–H groups in total. The van der Waals surface area contributed by atoms with Gasteiger partial charge in [-0.2, -0.15) is 0 Å². The molecule has 0 unspecified atom stereocenters. The van der Waals surface area contributed by atoms with Crippen LogP contribution < -0.4 is 10.5 Å². The number of benzene rings is 1. The molecule has 0 heterocycles. The third kappa shape index (κ3) is 3.86. The van der Waals surface area contributed by atoms with Crippen LogP contribution in [0, 0.1) is 0 Å². The topological polar surface area (TPSA) is 75.8 Å². The second-order valence-electron chi connectivity index (χ2n) is 4.63. The Kier molecular flexibility index (Phi) is 5.63. The summed E-state index contributed by atoms with van der Waals surface area (Å²) >= 11 is 0. The molecule has 1 aromatic rings. The summed E-state index contributed by atoms with van der Waals surface area (Å²) in [6.45, 7) is 4.49. The van der Waals surface area contributed by atoms with Gasteiger partial charge in [-0.25, -0.2) is 0 Å². The molecule has 0 atom stereocenters. The second-order valence-corrected chi connectivity index (χ2v) is 4.63. The highest BCUT2D eigenvalue weighted by atomic mass is 16.5. The van der Waals surface area contributed by atoms with E-state index in [0.29, 0.717) is 30.0 Å². The van der Waals surface area contributed by atoms with Crippen molar-refractivity contribution >= 4 is 11.6 Å². The third-order valence-electron chi connectivity index (χ3n) is 2.92. The summed E-state index contributed by atoms with van der Waals surface area (Å²) in [4.78, 5) is 14.1. The Balaban J connectivity index is 2.95. The smallest absolute Gasteiger partial charge is 0.254 e. The number of carbonyl (C=O) groups is 1. The van der Waals surface area contributed by atoms with E-state index in [1.54, 1.807) is 23.1 Å². The molecule has 1 aromatic carbocycles. The zero-order valence-electron chi connectivity index (χ0n) is 11.7. The number of amides is 1. The summed E-state index contributed by atoms with van der Waals surface area (Å²) in [6.07, 6.45) is 0.566. The van der Waals surface area contributed by atoms with E-state index in [1.807, 2.05) is 13.8 Å². The Labute approximate surface area is 114 Å². The largest absolute Gasteiger partial charge is 0.495 e. The Morgan fingerprint density at radius 3 is 2.68 bits per heavy atom. The fraction of sp³-hybridized carbons (Fsp3) is 0.500. The van der Waals surface area contributed by atoms with Gasteiger partial charge in [-0.15, -0.1) is 0 Å². The van der Waals surface area contributed by atoms with E-state index < -0.39 is 0 Å². The van der Waals surface area contributed by atoms with Crippen molar-refractivity contribution in [2.45, 2.75) is 26.3 Å².